The van der Waals surface area contributed by atoms with E-state index in [9.17, 15) is 5.11 Å². The Bertz CT molecular complexity index is 411. The predicted octanol–water partition coefficient (Wildman–Crippen LogP) is 2.99. The molecule has 3 heteroatoms. The van der Waals surface area contributed by atoms with E-state index >= 15 is 0 Å². The molecule has 1 aromatic carbocycles. The fraction of sp³-hybridized carbons (Fsp3) is 0.571. The standard InChI is InChI=1S/C14H20ClNO/c1-14(2,17)11-4-5-12(13(15)8-11)10-6-7-16(3)9-10/h4-5,8,10,17H,6-7,9H2,1-3H3. The van der Waals surface area contributed by atoms with Crippen LogP contribution < -0.4 is 0 Å². The Balaban J connectivity index is 2.26. The largest absolute Gasteiger partial charge is 0.386 e. The summed E-state index contributed by atoms with van der Waals surface area (Å²) in [5.41, 5.74) is 1.26. The number of rotatable bonds is 2. The molecule has 1 atom stereocenters. The maximum absolute atomic E-state index is 9.94. The molecule has 1 heterocycles. The summed E-state index contributed by atoms with van der Waals surface area (Å²) in [4.78, 5) is 2.32. The van der Waals surface area contributed by atoms with E-state index in [1.54, 1.807) is 13.8 Å². The van der Waals surface area contributed by atoms with Crippen molar-refractivity contribution in [2.75, 3.05) is 20.1 Å². The van der Waals surface area contributed by atoms with Gasteiger partial charge < -0.3 is 10.0 Å². The van der Waals surface area contributed by atoms with E-state index in [2.05, 4.69) is 18.0 Å². The van der Waals surface area contributed by atoms with Crippen molar-refractivity contribution in [1.29, 1.82) is 0 Å². The Morgan fingerprint density at radius 2 is 2.12 bits per heavy atom. The van der Waals surface area contributed by atoms with Gasteiger partial charge >= 0.3 is 0 Å². The Hall–Kier alpha value is -0.570. The van der Waals surface area contributed by atoms with Crippen molar-refractivity contribution in [3.05, 3.63) is 34.3 Å². The van der Waals surface area contributed by atoms with Crippen molar-refractivity contribution in [3.8, 4) is 0 Å². The minimum absolute atomic E-state index is 0.531. The lowest BCUT2D eigenvalue weighted by atomic mass is 9.92. The van der Waals surface area contributed by atoms with E-state index in [4.69, 9.17) is 11.6 Å². The second-order valence-corrected chi connectivity index (χ2v) is 5.95. The Kier molecular flexibility index (Phi) is 3.48. The molecule has 0 radical (unpaired) electrons. The van der Waals surface area contributed by atoms with Crippen molar-refractivity contribution >= 4 is 11.6 Å². The smallest absolute Gasteiger partial charge is 0.0841 e. The summed E-state index contributed by atoms with van der Waals surface area (Å²) in [6.45, 7) is 5.76. The van der Waals surface area contributed by atoms with Gasteiger partial charge in [-0.2, -0.15) is 0 Å². The minimum Gasteiger partial charge on any atom is -0.386 e. The molecule has 1 fully saturated rings. The van der Waals surface area contributed by atoms with Crippen molar-refractivity contribution in [3.63, 3.8) is 0 Å². The molecule has 0 amide bonds. The molecule has 1 aliphatic rings. The Morgan fingerprint density at radius 3 is 2.59 bits per heavy atom. The molecule has 0 saturated carbocycles. The van der Waals surface area contributed by atoms with E-state index in [0.29, 0.717) is 5.92 Å². The second kappa shape index (κ2) is 4.60. The van der Waals surface area contributed by atoms with Crippen LogP contribution in [0.1, 0.15) is 37.3 Å². The minimum atomic E-state index is -0.825. The van der Waals surface area contributed by atoms with Crippen LogP contribution in [0.5, 0.6) is 0 Å². The zero-order valence-corrected chi connectivity index (χ0v) is 11.5. The first-order chi connectivity index (χ1) is 7.88. The third-order valence-electron chi connectivity index (χ3n) is 3.54. The number of likely N-dealkylation sites (N-methyl/N-ethyl adjacent to an activating group) is 1. The highest BCUT2D eigenvalue weighted by Gasteiger charge is 2.24. The first kappa shape index (κ1) is 12.9. The molecule has 0 spiro atoms. The van der Waals surface area contributed by atoms with Crippen molar-refractivity contribution < 1.29 is 5.11 Å². The summed E-state index contributed by atoms with van der Waals surface area (Å²) < 4.78 is 0. The van der Waals surface area contributed by atoms with Gasteiger partial charge in [-0.15, -0.1) is 0 Å². The number of hydrogen-bond acceptors (Lipinski definition) is 2. The van der Waals surface area contributed by atoms with Crippen LogP contribution in [0.4, 0.5) is 0 Å². The lowest BCUT2D eigenvalue weighted by Gasteiger charge is -2.20. The lowest BCUT2D eigenvalue weighted by molar-refractivity contribution is 0.0786. The third-order valence-corrected chi connectivity index (χ3v) is 3.87. The van der Waals surface area contributed by atoms with Gasteiger partial charge in [0.15, 0.2) is 0 Å². The van der Waals surface area contributed by atoms with Crippen LogP contribution in [0.15, 0.2) is 18.2 Å². The number of nitrogens with zero attached hydrogens (tertiary/aromatic N) is 1. The van der Waals surface area contributed by atoms with Gasteiger partial charge in [0, 0.05) is 11.6 Å². The van der Waals surface area contributed by atoms with Gasteiger partial charge in [-0.05, 0) is 57.0 Å². The van der Waals surface area contributed by atoms with E-state index in [0.717, 1.165) is 30.1 Å². The summed E-state index contributed by atoms with van der Waals surface area (Å²) in [5, 5.41) is 10.7. The molecule has 94 valence electrons. The summed E-state index contributed by atoms with van der Waals surface area (Å²) in [5.74, 6) is 0.531. The van der Waals surface area contributed by atoms with Gasteiger partial charge in [0.05, 0.1) is 5.60 Å². The number of likely N-dealkylation sites (tertiary alicyclic amines) is 1. The molecule has 1 N–H and O–H groups in total. The van der Waals surface area contributed by atoms with Gasteiger partial charge in [-0.25, -0.2) is 0 Å². The SMILES string of the molecule is CN1CCC(c2ccc(C(C)(C)O)cc2Cl)C1. The fourth-order valence-corrected chi connectivity index (χ4v) is 2.76. The summed E-state index contributed by atoms with van der Waals surface area (Å²) in [7, 11) is 2.14. The van der Waals surface area contributed by atoms with Gasteiger partial charge in [0.2, 0.25) is 0 Å². The normalized spacial score (nSPS) is 22.1. The monoisotopic (exact) mass is 253 g/mol. The molecule has 2 rings (SSSR count). The highest BCUT2D eigenvalue weighted by molar-refractivity contribution is 6.31. The molecule has 1 unspecified atom stereocenters. The molecular weight excluding hydrogens is 234 g/mol. The molecule has 0 bridgehead atoms. The quantitative estimate of drug-likeness (QED) is 0.876. The van der Waals surface area contributed by atoms with E-state index in [1.165, 1.54) is 5.56 Å². The average Bonchev–Trinajstić information content (AvgIpc) is 2.63. The number of halogens is 1. The van der Waals surface area contributed by atoms with E-state index in [-0.39, 0.29) is 0 Å². The fourth-order valence-electron chi connectivity index (χ4n) is 2.43. The van der Waals surface area contributed by atoms with Crippen LogP contribution >= 0.6 is 11.6 Å². The number of hydrogen-bond donors (Lipinski definition) is 1. The van der Waals surface area contributed by atoms with Crippen LogP contribution in [0.2, 0.25) is 5.02 Å². The maximum Gasteiger partial charge on any atom is 0.0841 e. The van der Waals surface area contributed by atoms with Crippen LogP contribution in [-0.2, 0) is 5.60 Å². The first-order valence-electron chi connectivity index (χ1n) is 6.09. The zero-order chi connectivity index (χ0) is 12.6. The van der Waals surface area contributed by atoms with Crippen molar-refractivity contribution in [2.24, 2.45) is 0 Å². The zero-order valence-electron chi connectivity index (χ0n) is 10.7. The van der Waals surface area contributed by atoms with Gasteiger partial charge in [-0.3, -0.25) is 0 Å². The maximum atomic E-state index is 9.94. The summed E-state index contributed by atoms with van der Waals surface area (Å²) >= 11 is 6.33. The molecule has 2 nitrogen and oxygen atoms in total. The predicted molar refractivity (Wildman–Crippen MR) is 71.6 cm³/mol. The van der Waals surface area contributed by atoms with Gasteiger partial charge in [0.1, 0.15) is 0 Å². The Morgan fingerprint density at radius 1 is 1.41 bits per heavy atom. The summed E-state index contributed by atoms with van der Waals surface area (Å²) in [6, 6.07) is 5.95. The second-order valence-electron chi connectivity index (χ2n) is 5.54. The molecule has 1 aromatic rings. The van der Waals surface area contributed by atoms with E-state index in [1.807, 2.05) is 12.1 Å². The molecular formula is C14H20ClNO. The highest BCUT2D eigenvalue weighted by atomic mass is 35.5. The molecule has 17 heavy (non-hydrogen) atoms. The first-order valence-corrected chi connectivity index (χ1v) is 6.46. The number of benzene rings is 1. The van der Waals surface area contributed by atoms with Crippen LogP contribution in [0.3, 0.4) is 0 Å². The Labute approximate surface area is 108 Å². The molecule has 1 saturated heterocycles. The van der Waals surface area contributed by atoms with Crippen LogP contribution in [0, 0.1) is 0 Å². The summed E-state index contributed by atoms with van der Waals surface area (Å²) in [6.07, 6.45) is 1.16. The van der Waals surface area contributed by atoms with E-state index < -0.39 is 5.60 Å². The van der Waals surface area contributed by atoms with Crippen molar-refractivity contribution in [1.82, 2.24) is 4.90 Å². The van der Waals surface area contributed by atoms with Crippen LogP contribution in [-0.4, -0.2) is 30.1 Å². The van der Waals surface area contributed by atoms with Gasteiger partial charge in [-0.1, -0.05) is 23.7 Å². The number of aliphatic hydroxyl groups is 1. The molecule has 0 aromatic heterocycles. The topological polar surface area (TPSA) is 23.5 Å². The average molecular weight is 254 g/mol. The lowest BCUT2D eigenvalue weighted by Crippen LogP contribution is -2.16. The van der Waals surface area contributed by atoms with Gasteiger partial charge in [0.25, 0.3) is 0 Å². The van der Waals surface area contributed by atoms with Crippen molar-refractivity contribution in [2.45, 2.75) is 31.8 Å². The van der Waals surface area contributed by atoms with Crippen LogP contribution in [0.25, 0.3) is 0 Å². The molecule has 0 aliphatic carbocycles. The third kappa shape index (κ3) is 2.82. The molecule has 1 aliphatic heterocycles. The highest BCUT2D eigenvalue weighted by Crippen LogP contribution is 2.34.